The SMILES string of the molecule is CCN1C(=O)c2c(C(=O)NC3CC3)ncn2CC1(C)C(=O)NCc1ccc(F)cc1. The Morgan fingerprint density at radius 2 is 1.97 bits per heavy atom. The Bertz CT molecular complexity index is 999. The van der Waals surface area contributed by atoms with Gasteiger partial charge in [0.15, 0.2) is 5.69 Å². The van der Waals surface area contributed by atoms with Gasteiger partial charge in [-0.25, -0.2) is 9.37 Å². The molecule has 0 radical (unpaired) electrons. The summed E-state index contributed by atoms with van der Waals surface area (Å²) in [4.78, 5) is 44.4. The highest BCUT2D eigenvalue weighted by Gasteiger charge is 2.48. The van der Waals surface area contributed by atoms with Crippen molar-refractivity contribution >= 4 is 17.7 Å². The third kappa shape index (κ3) is 3.55. The van der Waals surface area contributed by atoms with E-state index in [-0.39, 0.29) is 48.2 Å². The molecule has 1 atom stereocenters. The molecule has 1 unspecified atom stereocenters. The number of nitrogens with zero attached hydrogens (tertiary/aromatic N) is 3. The summed E-state index contributed by atoms with van der Waals surface area (Å²) in [7, 11) is 0. The van der Waals surface area contributed by atoms with Gasteiger partial charge in [0.25, 0.3) is 11.8 Å². The lowest BCUT2D eigenvalue weighted by atomic mass is 9.94. The lowest BCUT2D eigenvalue weighted by Gasteiger charge is -2.43. The zero-order valence-corrected chi connectivity index (χ0v) is 16.9. The molecule has 1 aliphatic carbocycles. The van der Waals surface area contributed by atoms with Crippen molar-refractivity contribution in [3.63, 3.8) is 0 Å². The zero-order chi connectivity index (χ0) is 21.5. The van der Waals surface area contributed by atoms with Crippen molar-refractivity contribution in [2.45, 2.75) is 51.4 Å². The van der Waals surface area contributed by atoms with Gasteiger partial charge in [0.1, 0.15) is 17.1 Å². The van der Waals surface area contributed by atoms with E-state index in [2.05, 4.69) is 15.6 Å². The van der Waals surface area contributed by atoms with Crippen LogP contribution in [0.25, 0.3) is 0 Å². The number of halogens is 1. The molecule has 0 saturated heterocycles. The number of hydrogen-bond donors (Lipinski definition) is 2. The van der Waals surface area contributed by atoms with Gasteiger partial charge in [-0.3, -0.25) is 14.4 Å². The highest BCUT2D eigenvalue weighted by Crippen LogP contribution is 2.29. The monoisotopic (exact) mass is 413 g/mol. The van der Waals surface area contributed by atoms with Crippen LogP contribution in [0.2, 0.25) is 0 Å². The van der Waals surface area contributed by atoms with Crippen molar-refractivity contribution in [3.8, 4) is 0 Å². The Balaban J connectivity index is 1.55. The Kier molecular flexibility index (Phi) is 5.05. The molecule has 9 heteroatoms. The molecule has 2 N–H and O–H groups in total. The summed E-state index contributed by atoms with van der Waals surface area (Å²) < 4.78 is 14.7. The minimum Gasteiger partial charge on any atom is -0.350 e. The summed E-state index contributed by atoms with van der Waals surface area (Å²) in [5.41, 5.74) is -0.0945. The van der Waals surface area contributed by atoms with Crippen LogP contribution in [0.3, 0.4) is 0 Å². The summed E-state index contributed by atoms with van der Waals surface area (Å²) in [6, 6.07) is 6.01. The third-order valence-corrected chi connectivity index (χ3v) is 5.66. The Labute approximate surface area is 173 Å². The molecular formula is C21H24FN5O3. The van der Waals surface area contributed by atoms with E-state index in [0.717, 1.165) is 18.4 Å². The molecule has 3 amide bonds. The largest absolute Gasteiger partial charge is 0.350 e. The van der Waals surface area contributed by atoms with Gasteiger partial charge in [-0.1, -0.05) is 12.1 Å². The average Bonchev–Trinajstić information content (AvgIpc) is 3.43. The minimum absolute atomic E-state index is 0.0964. The lowest BCUT2D eigenvalue weighted by Crippen LogP contribution is -2.63. The van der Waals surface area contributed by atoms with Crippen molar-refractivity contribution in [3.05, 3.63) is 53.4 Å². The van der Waals surface area contributed by atoms with E-state index in [1.165, 1.54) is 23.4 Å². The van der Waals surface area contributed by atoms with Gasteiger partial charge in [0, 0.05) is 19.1 Å². The summed E-state index contributed by atoms with van der Waals surface area (Å²) >= 11 is 0. The number of likely N-dealkylation sites (N-methyl/N-ethyl adjacent to an activating group) is 1. The van der Waals surface area contributed by atoms with Gasteiger partial charge in [0.05, 0.1) is 12.9 Å². The van der Waals surface area contributed by atoms with Gasteiger partial charge in [-0.15, -0.1) is 0 Å². The number of carbonyl (C=O) groups excluding carboxylic acids is 3. The van der Waals surface area contributed by atoms with Crippen LogP contribution < -0.4 is 10.6 Å². The average molecular weight is 413 g/mol. The van der Waals surface area contributed by atoms with E-state index in [1.807, 2.05) is 0 Å². The highest BCUT2D eigenvalue weighted by molar-refractivity contribution is 6.07. The lowest BCUT2D eigenvalue weighted by molar-refractivity contribution is -0.132. The van der Waals surface area contributed by atoms with Crippen LogP contribution >= 0.6 is 0 Å². The van der Waals surface area contributed by atoms with Gasteiger partial charge >= 0.3 is 0 Å². The van der Waals surface area contributed by atoms with Crippen LogP contribution in [0.5, 0.6) is 0 Å². The third-order valence-electron chi connectivity index (χ3n) is 5.66. The molecule has 1 aromatic heterocycles. The standard InChI is InChI=1S/C21H24FN5O3/c1-3-27-19(29)17-16(18(28)25-15-8-9-15)24-12-26(17)11-21(27,2)20(30)23-10-13-4-6-14(22)7-5-13/h4-7,12,15H,3,8-11H2,1-2H3,(H,23,30)(H,25,28). The first kappa shape index (κ1) is 20.1. The molecule has 158 valence electrons. The minimum atomic E-state index is -1.15. The summed E-state index contributed by atoms with van der Waals surface area (Å²) in [6.45, 7) is 4.18. The predicted molar refractivity (Wildman–Crippen MR) is 106 cm³/mol. The second-order valence-electron chi connectivity index (χ2n) is 7.95. The van der Waals surface area contributed by atoms with Crippen molar-refractivity contribution in [2.24, 2.45) is 0 Å². The molecule has 1 fully saturated rings. The molecule has 2 aliphatic rings. The molecule has 1 aliphatic heterocycles. The fourth-order valence-electron chi connectivity index (χ4n) is 3.80. The van der Waals surface area contributed by atoms with Gasteiger partial charge < -0.3 is 20.1 Å². The number of carbonyl (C=O) groups is 3. The number of hydrogen-bond acceptors (Lipinski definition) is 4. The maximum absolute atomic E-state index is 13.2. The van der Waals surface area contributed by atoms with Crippen LogP contribution in [-0.4, -0.2) is 50.3 Å². The van der Waals surface area contributed by atoms with Crippen molar-refractivity contribution in [2.75, 3.05) is 6.54 Å². The fourth-order valence-corrected chi connectivity index (χ4v) is 3.80. The first-order valence-corrected chi connectivity index (χ1v) is 10.0. The maximum Gasteiger partial charge on any atom is 0.273 e. The Morgan fingerprint density at radius 1 is 1.27 bits per heavy atom. The second-order valence-corrected chi connectivity index (χ2v) is 7.95. The molecule has 8 nitrogen and oxygen atoms in total. The molecular weight excluding hydrogens is 389 g/mol. The van der Waals surface area contributed by atoms with E-state index in [0.29, 0.717) is 6.54 Å². The Hall–Kier alpha value is -3.23. The molecule has 0 bridgehead atoms. The number of benzene rings is 1. The molecule has 2 aromatic rings. The second kappa shape index (κ2) is 7.55. The topological polar surface area (TPSA) is 96.3 Å². The number of aromatic nitrogens is 2. The number of nitrogens with one attached hydrogen (secondary N) is 2. The number of fused-ring (bicyclic) bond motifs is 1. The van der Waals surface area contributed by atoms with E-state index >= 15 is 0 Å². The first-order chi connectivity index (χ1) is 14.3. The van der Waals surface area contributed by atoms with Crippen LogP contribution in [0, 0.1) is 5.82 Å². The smallest absolute Gasteiger partial charge is 0.273 e. The molecule has 1 aromatic carbocycles. The first-order valence-electron chi connectivity index (χ1n) is 10.0. The number of imidazole rings is 1. The molecule has 0 spiro atoms. The number of amides is 3. The van der Waals surface area contributed by atoms with Gasteiger partial charge in [-0.2, -0.15) is 0 Å². The van der Waals surface area contributed by atoms with E-state index in [1.54, 1.807) is 30.5 Å². The molecule has 4 rings (SSSR count). The van der Waals surface area contributed by atoms with Crippen molar-refractivity contribution in [1.29, 1.82) is 0 Å². The quantitative estimate of drug-likeness (QED) is 0.750. The van der Waals surface area contributed by atoms with Crippen LogP contribution in [0.15, 0.2) is 30.6 Å². The van der Waals surface area contributed by atoms with Crippen LogP contribution in [0.1, 0.15) is 53.2 Å². The molecule has 1 saturated carbocycles. The van der Waals surface area contributed by atoms with Gasteiger partial charge in [0.2, 0.25) is 5.91 Å². The summed E-state index contributed by atoms with van der Waals surface area (Å²) in [6.07, 6.45) is 3.31. The van der Waals surface area contributed by atoms with E-state index in [9.17, 15) is 18.8 Å². The van der Waals surface area contributed by atoms with Crippen molar-refractivity contribution < 1.29 is 18.8 Å². The van der Waals surface area contributed by atoms with E-state index < -0.39 is 11.4 Å². The number of rotatable bonds is 6. The van der Waals surface area contributed by atoms with Crippen molar-refractivity contribution in [1.82, 2.24) is 25.1 Å². The molecule has 30 heavy (non-hydrogen) atoms. The summed E-state index contributed by atoms with van der Waals surface area (Å²) in [5, 5.41) is 5.69. The Morgan fingerprint density at radius 3 is 2.60 bits per heavy atom. The fraction of sp³-hybridized carbons (Fsp3) is 0.429. The van der Waals surface area contributed by atoms with Crippen LogP contribution in [-0.2, 0) is 17.9 Å². The van der Waals surface area contributed by atoms with Crippen LogP contribution in [0.4, 0.5) is 4.39 Å². The molecule has 2 heterocycles. The van der Waals surface area contributed by atoms with E-state index in [4.69, 9.17) is 0 Å². The summed E-state index contributed by atoms with van der Waals surface area (Å²) in [5.74, 6) is -1.44. The predicted octanol–water partition coefficient (Wildman–Crippen LogP) is 1.47. The zero-order valence-electron chi connectivity index (χ0n) is 16.9. The normalized spacial score (nSPS) is 20.6. The maximum atomic E-state index is 13.2. The highest BCUT2D eigenvalue weighted by atomic mass is 19.1. The van der Waals surface area contributed by atoms with Gasteiger partial charge in [-0.05, 0) is 44.4 Å².